The predicted octanol–water partition coefficient (Wildman–Crippen LogP) is 17.0. The topological polar surface area (TPSA) is 122 Å². The average Bonchev–Trinajstić information content (AvgIpc) is 3.38. The molecule has 0 saturated carbocycles. The van der Waals surface area contributed by atoms with Crippen LogP contribution in [0.5, 0.6) is 0 Å². The summed E-state index contributed by atoms with van der Waals surface area (Å²) in [7, 11) is 0. The Morgan fingerprint density at radius 2 is 0.831 bits per heavy atom. The van der Waals surface area contributed by atoms with E-state index in [4.69, 9.17) is 0 Å². The van der Waals surface area contributed by atoms with E-state index in [0.717, 1.165) is 51.4 Å². The van der Waals surface area contributed by atoms with Gasteiger partial charge in [-0.2, -0.15) is 0 Å². The van der Waals surface area contributed by atoms with Gasteiger partial charge in [0.05, 0.1) is 32.0 Å². The molecule has 5 unspecified atom stereocenters. The van der Waals surface area contributed by atoms with Gasteiger partial charge in [-0.1, -0.05) is 259 Å². The largest absolute Gasteiger partial charge is 0.394 e. The molecule has 0 aromatic carbocycles. The summed E-state index contributed by atoms with van der Waals surface area (Å²) in [5.41, 5.74) is 0. The average molecular weight is 1010 g/mol. The minimum Gasteiger partial charge on any atom is -0.394 e. The lowest BCUT2D eigenvalue weighted by Crippen LogP contribution is -2.40. The Kier molecular flexibility index (Phi) is 56.3. The Hall–Kier alpha value is -1.74. The van der Waals surface area contributed by atoms with Crippen molar-refractivity contribution in [3.05, 3.63) is 24.4 Å². The molecule has 0 aliphatic rings. The van der Waals surface area contributed by atoms with Crippen LogP contribution in [0.1, 0.15) is 305 Å². The van der Waals surface area contributed by atoms with Gasteiger partial charge < -0.3 is 30.2 Å². The number of unbranched alkanes of at least 4 members (excludes halogenated alkanes) is 30. The van der Waals surface area contributed by atoms with Gasteiger partial charge in [0.25, 0.3) is 0 Å². The normalized spacial score (nSPS) is 13.8. The van der Waals surface area contributed by atoms with Crippen LogP contribution < -0.4 is 0 Å². The van der Waals surface area contributed by atoms with Crippen LogP contribution in [-0.4, -0.2) is 87.1 Å². The zero-order valence-electron chi connectivity index (χ0n) is 48.5. The molecule has 0 aromatic rings. The summed E-state index contributed by atoms with van der Waals surface area (Å²) in [6.07, 6.45) is 56.7. The molecule has 71 heavy (non-hydrogen) atoms. The molecule has 5 atom stereocenters. The number of rotatable bonds is 52. The highest BCUT2D eigenvalue weighted by molar-refractivity contribution is 5.79. The number of hydrogen-bond donors (Lipinski definition) is 4. The second-order valence-electron chi connectivity index (χ2n) is 21.6. The zero-order valence-corrected chi connectivity index (χ0v) is 48.5. The van der Waals surface area contributed by atoms with E-state index >= 15 is 0 Å². The van der Waals surface area contributed by atoms with Crippen LogP contribution in [-0.2, 0) is 9.59 Å². The number of carbonyl (C=O) groups excluding carboxylic acids is 2. The van der Waals surface area contributed by atoms with Gasteiger partial charge in [0.2, 0.25) is 11.8 Å². The number of aliphatic hydroxyl groups excluding tert-OH is 4. The first-order valence-corrected chi connectivity index (χ1v) is 31.1. The molecule has 0 aliphatic carbocycles. The van der Waals surface area contributed by atoms with Gasteiger partial charge in [0, 0.05) is 31.6 Å². The summed E-state index contributed by atoms with van der Waals surface area (Å²) in [5, 5.41) is 38.5. The van der Waals surface area contributed by atoms with Crippen LogP contribution in [0.25, 0.3) is 0 Å². The molecule has 0 aromatic heterocycles. The first-order chi connectivity index (χ1) is 34.6. The summed E-state index contributed by atoms with van der Waals surface area (Å²) in [4.78, 5) is 29.6. The molecule has 0 heterocycles. The Balaban J connectivity index is 0. The molecule has 0 spiro atoms. The predicted molar refractivity (Wildman–Crippen MR) is 308 cm³/mol. The fourth-order valence-corrected chi connectivity index (χ4v) is 9.78. The fraction of sp³-hybridized carbons (Fsp3) is 0.905. The molecule has 0 aliphatic heterocycles. The highest BCUT2D eigenvalue weighted by Gasteiger charge is 2.27. The molecule has 8 heteroatoms. The minimum absolute atomic E-state index is 0.0657. The van der Waals surface area contributed by atoms with E-state index in [-0.39, 0.29) is 44.0 Å². The second kappa shape index (κ2) is 56.0. The molecule has 4 N–H and O–H groups in total. The molecule has 8 nitrogen and oxygen atoms in total. The van der Waals surface area contributed by atoms with Crippen molar-refractivity contribution in [1.82, 2.24) is 9.80 Å². The lowest BCUT2D eigenvalue weighted by atomic mass is 9.86. The molecule has 2 amide bonds. The Morgan fingerprint density at radius 3 is 1.25 bits per heavy atom. The summed E-state index contributed by atoms with van der Waals surface area (Å²) >= 11 is 0. The smallest absolute Gasteiger partial charge is 0.229 e. The van der Waals surface area contributed by atoms with E-state index in [1.165, 1.54) is 199 Å². The number of amides is 2. The lowest BCUT2D eigenvalue weighted by Gasteiger charge is -2.28. The van der Waals surface area contributed by atoms with Crippen molar-refractivity contribution in [3.63, 3.8) is 0 Å². The van der Waals surface area contributed by atoms with Crippen molar-refractivity contribution in [3.8, 4) is 0 Å². The van der Waals surface area contributed by atoms with E-state index in [1.807, 2.05) is 13.1 Å². The van der Waals surface area contributed by atoms with Crippen LogP contribution in [0.15, 0.2) is 24.4 Å². The molecule has 422 valence electrons. The van der Waals surface area contributed by atoms with Gasteiger partial charge in [0.15, 0.2) is 0 Å². The number of hydrogen-bond acceptors (Lipinski definition) is 6. The van der Waals surface area contributed by atoms with E-state index in [0.29, 0.717) is 24.8 Å². The lowest BCUT2D eigenvalue weighted by molar-refractivity contribution is -0.136. The van der Waals surface area contributed by atoms with Gasteiger partial charge in [-0.05, 0) is 69.6 Å². The molecule has 0 fully saturated rings. The molecular weight excluding hydrogens is 881 g/mol. The highest BCUT2D eigenvalue weighted by Crippen LogP contribution is 2.25. The van der Waals surface area contributed by atoms with E-state index in [9.17, 15) is 30.0 Å². The Labute approximate surface area is 442 Å². The summed E-state index contributed by atoms with van der Waals surface area (Å²) in [6, 6.07) is 0. The number of allylic oxidation sites excluding steroid dienone is 3. The maximum atomic E-state index is 13.2. The monoisotopic (exact) mass is 1000 g/mol. The van der Waals surface area contributed by atoms with Crippen molar-refractivity contribution in [2.45, 2.75) is 318 Å². The van der Waals surface area contributed by atoms with E-state index < -0.39 is 12.2 Å². The van der Waals surface area contributed by atoms with Crippen LogP contribution in [0.3, 0.4) is 0 Å². The summed E-state index contributed by atoms with van der Waals surface area (Å²) in [6.45, 7) is 15.8. The third-order valence-corrected chi connectivity index (χ3v) is 14.9. The number of carbonyl (C=O) groups is 2. The van der Waals surface area contributed by atoms with Gasteiger partial charge in [-0.15, -0.1) is 0 Å². The maximum absolute atomic E-state index is 13.2. The van der Waals surface area contributed by atoms with Crippen molar-refractivity contribution in [2.24, 2.45) is 17.8 Å². The molecular formula is C63H124N2O6. The Morgan fingerprint density at radius 1 is 0.451 bits per heavy atom. The summed E-state index contributed by atoms with van der Waals surface area (Å²) < 4.78 is 0. The first-order valence-electron chi connectivity index (χ1n) is 31.1. The number of aliphatic hydroxyl groups is 4. The van der Waals surface area contributed by atoms with Gasteiger partial charge in [-0.3, -0.25) is 9.59 Å². The van der Waals surface area contributed by atoms with Gasteiger partial charge >= 0.3 is 0 Å². The maximum Gasteiger partial charge on any atom is 0.229 e. The molecule has 0 rings (SSSR count). The Bertz CT molecular complexity index is 1160. The molecule has 0 saturated heterocycles. The highest BCUT2D eigenvalue weighted by atomic mass is 16.3. The zero-order chi connectivity index (χ0) is 52.8. The standard InChI is InChI=1S/C33H65NO3.C30H59NO3/c1-4-7-9-10-11-12-13-14-15-16-17-18-19-20-21-22-23-25-27-34(29-32(36)30-35)33(37)28-31(6-3)26-24-8-5-2;1-5-8-10-11-12-13-14-15-16-17-18-19-20-22-24-31(25-29(33)26-32)30(34)27(4)28(7-3)23-21-9-6-2/h17-18,31-32,35-36H,4-16,19-30H2,1-3H3;22,24,27-29,32-33H,5-21,23,25-26H2,1-4H3. The first kappa shape index (κ1) is 71.3. The minimum atomic E-state index is -0.896. The number of nitrogens with zero attached hydrogens (tertiary/aromatic N) is 2. The van der Waals surface area contributed by atoms with E-state index in [2.05, 4.69) is 59.8 Å². The third kappa shape index (κ3) is 46.5. The molecule has 0 bridgehead atoms. The van der Waals surface area contributed by atoms with Gasteiger partial charge in [-0.25, -0.2) is 0 Å². The van der Waals surface area contributed by atoms with Crippen LogP contribution in [0.4, 0.5) is 0 Å². The van der Waals surface area contributed by atoms with Crippen LogP contribution >= 0.6 is 0 Å². The van der Waals surface area contributed by atoms with Crippen LogP contribution in [0, 0.1) is 17.8 Å². The molecule has 0 radical (unpaired) electrons. The summed E-state index contributed by atoms with van der Waals surface area (Å²) in [5.74, 6) is 0.956. The van der Waals surface area contributed by atoms with Crippen molar-refractivity contribution < 1.29 is 30.0 Å². The van der Waals surface area contributed by atoms with Gasteiger partial charge in [0.1, 0.15) is 0 Å². The van der Waals surface area contributed by atoms with Crippen molar-refractivity contribution in [2.75, 3.05) is 32.8 Å². The fourth-order valence-electron chi connectivity index (χ4n) is 9.78. The third-order valence-electron chi connectivity index (χ3n) is 14.9. The van der Waals surface area contributed by atoms with E-state index in [1.54, 1.807) is 9.80 Å². The SMILES string of the molecule is CCCCCCCCCCCC=CCCCCCCCN(CC(O)CO)C(=O)CC(CC)CCCCC.CCCCCCCCCCCCCCC=CN(CC(O)CO)C(=O)C(C)C(CC)CCCCC. The van der Waals surface area contributed by atoms with Crippen molar-refractivity contribution in [1.29, 1.82) is 0 Å². The quantitative estimate of drug-likeness (QED) is 0.0356. The van der Waals surface area contributed by atoms with Crippen LogP contribution in [0.2, 0.25) is 0 Å². The van der Waals surface area contributed by atoms with Crippen molar-refractivity contribution >= 4 is 11.8 Å². The second-order valence-corrected chi connectivity index (χ2v) is 21.6.